The molecule has 0 fully saturated rings. The summed E-state index contributed by atoms with van der Waals surface area (Å²) in [7, 11) is 1.76. The maximum atomic E-state index is 12.7. The van der Waals surface area contributed by atoms with E-state index < -0.39 is 0 Å². The lowest BCUT2D eigenvalue weighted by molar-refractivity contribution is 0.0988. The van der Waals surface area contributed by atoms with E-state index >= 15 is 0 Å². The summed E-state index contributed by atoms with van der Waals surface area (Å²) in [5.41, 5.74) is 1.82. The van der Waals surface area contributed by atoms with Gasteiger partial charge in [-0.3, -0.25) is 14.5 Å². The van der Waals surface area contributed by atoms with Crippen molar-refractivity contribution in [1.82, 2.24) is 24.5 Å². The fourth-order valence-corrected chi connectivity index (χ4v) is 2.49. The van der Waals surface area contributed by atoms with Gasteiger partial charge < -0.3 is 4.90 Å². The van der Waals surface area contributed by atoms with Crippen molar-refractivity contribution in [2.75, 3.05) is 11.4 Å². The van der Waals surface area contributed by atoms with Crippen LogP contribution in [0.25, 0.3) is 5.69 Å². The predicted molar refractivity (Wildman–Crippen MR) is 86.9 cm³/mol. The molecule has 7 nitrogen and oxygen atoms in total. The van der Waals surface area contributed by atoms with Crippen LogP contribution in [0.4, 0.5) is 5.69 Å². The smallest absolute Gasteiger partial charge is 0.261 e. The van der Waals surface area contributed by atoms with E-state index in [0.717, 1.165) is 5.69 Å². The number of nitrogens with zero attached hydrogens (tertiary/aromatic N) is 6. The van der Waals surface area contributed by atoms with Gasteiger partial charge in [0.2, 0.25) is 0 Å². The summed E-state index contributed by atoms with van der Waals surface area (Å²) in [6, 6.07) is 3.67. The molecule has 0 aromatic carbocycles. The Morgan fingerprint density at radius 1 is 1.35 bits per heavy atom. The predicted octanol–water partition coefficient (Wildman–Crippen LogP) is 2.32. The van der Waals surface area contributed by atoms with Gasteiger partial charge in [-0.15, -0.1) is 0 Å². The number of halogens is 1. The van der Waals surface area contributed by atoms with Crippen LogP contribution in [0, 0.1) is 0 Å². The Bertz CT molecular complexity index is 826. The number of carbonyl (C=O) groups is 1. The molecule has 0 aliphatic rings. The van der Waals surface area contributed by atoms with E-state index in [1.165, 1.54) is 6.20 Å². The quantitative estimate of drug-likeness (QED) is 0.736. The monoisotopic (exact) mass is 330 g/mol. The summed E-state index contributed by atoms with van der Waals surface area (Å²) in [6.45, 7) is 2.35. The van der Waals surface area contributed by atoms with Crippen molar-refractivity contribution >= 4 is 23.2 Å². The molecule has 3 heterocycles. The molecule has 0 radical (unpaired) electrons. The third kappa shape index (κ3) is 2.95. The van der Waals surface area contributed by atoms with Crippen LogP contribution in [-0.2, 0) is 7.05 Å². The molecule has 3 rings (SSSR count). The van der Waals surface area contributed by atoms with E-state index in [-0.39, 0.29) is 11.1 Å². The van der Waals surface area contributed by atoms with Crippen LogP contribution in [0.1, 0.15) is 17.3 Å². The first-order valence-corrected chi connectivity index (χ1v) is 7.44. The number of aryl methyl sites for hydroxylation is 1. The molecule has 3 aromatic rings. The molecular weight excluding hydrogens is 316 g/mol. The van der Waals surface area contributed by atoms with Crippen molar-refractivity contribution in [3.8, 4) is 5.69 Å². The molecule has 0 N–H and O–H groups in total. The van der Waals surface area contributed by atoms with Crippen molar-refractivity contribution in [2.45, 2.75) is 6.92 Å². The maximum absolute atomic E-state index is 12.7. The van der Waals surface area contributed by atoms with Crippen LogP contribution in [0.5, 0.6) is 0 Å². The van der Waals surface area contributed by atoms with Crippen molar-refractivity contribution in [2.24, 2.45) is 7.05 Å². The van der Waals surface area contributed by atoms with E-state index in [2.05, 4.69) is 15.2 Å². The van der Waals surface area contributed by atoms with Crippen molar-refractivity contribution in [3.05, 3.63) is 53.8 Å². The van der Waals surface area contributed by atoms with Gasteiger partial charge in [0.15, 0.2) is 5.15 Å². The average Bonchev–Trinajstić information content (AvgIpc) is 3.16. The summed E-state index contributed by atoms with van der Waals surface area (Å²) >= 11 is 6.24. The Balaban J connectivity index is 1.96. The highest BCUT2D eigenvalue weighted by Gasteiger charge is 2.22. The number of rotatable bonds is 4. The number of amides is 1. The number of anilines is 1. The van der Waals surface area contributed by atoms with Gasteiger partial charge in [0, 0.05) is 26.0 Å². The lowest BCUT2D eigenvalue weighted by Gasteiger charge is -2.18. The molecule has 0 atom stereocenters. The van der Waals surface area contributed by atoms with Gasteiger partial charge in [-0.2, -0.15) is 10.2 Å². The average molecular weight is 331 g/mol. The molecule has 8 heteroatoms. The first-order chi connectivity index (χ1) is 11.1. The van der Waals surface area contributed by atoms with E-state index in [1.54, 1.807) is 46.1 Å². The summed E-state index contributed by atoms with van der Waals surface area (Å²) in [4.78, 5) is 18.3. The Morgan fingerprint density at radius 2 is 2.17 bits per heavy atom. The van der Waals surface area contributed by atoms with Gasteiger partial charge >= 0.3 is 0 Å². The van der Waals surface area contributed by atoms with Crippen LogP contribution in [0.15, 0.2) is 43.1 Å². The molecule has 118 valence electrons. The molecule has 1 amide bonds. The Hall–Kier alpha value is -2.67. The van der Waals surface area contributed by atoms with E-state index in [0.29, 0.717) is 17.8 Å². The highest BCUT2D eigenvalue weighted by molar-refractivity contribution is 6.32. The van der Waals surface area contributed by atoms with Crippen LogP contribution in [0.3, 0.4) is 0 Å². The largest absolute Gasteiger partial charge is 0.304 e. The zero-order chi connectivity index (χ0) is 16.4. The van der Waals surface area contributed by atoms with E-state index in [9.17, 15) is 4.79 Å². The summed E-state index contributed by atoms with van der Waals surface area (Å²) in [6.07, 6.45) is 8.28. The molecular formula is C15H15ClN6O. The van der Waals surface area contributed by atoms with Gasteiger partial charge in [-0.1, -0.05) is 11.6 Å². The normalized spacial score (nSPS) is 10.7. The maximum Gasteiger partial charge on any atom is 0.261 e. The van der Waals surface area contributed by atoms with Gasteiger partial charge in [0.25, 0.3) is 5.91 Å². The lowest BCUT2D eigenvalue weighted by atomic mass is 10.3. The van der Waals surface area contributed by atoms with Crippen molar-refractivity contribution in [3.63, 3.8) is 0 Å². The van der Waals surface area contributed by atoms with Crippen LogP contribution < -0.4 is 4.90 Å². The van der Waals surface area contributed by atoms with Gasteiger partial charge in [0.1, 0.15) is 5.69 Å². The van der Waals surface area contributed by atoms with Gasteiger partial charge in [0.05, 0.1) is 29.8 Å². The summed E-state index contributed by atoms with van der Waals surface area (Å²) in [5, 5.41) is 8.55. The van der Waals surface area contributed by atoms with Crippen molar-refractivity contribution in [1.29, 1.82) is 0 Å². The standard InChI is InChI=1S/C15H15ClN6O/c1-3-21(15(23)11-7-18-20(2)9-11)13-10-22(19-14(13)16)12-5-4-6-17-8-12/h4-10H,3H2,1-2H3. The summed E-state index contributed by atoms with van der Waals surface area (Å²) < 4.78 is 3.19. The third-order valence-corrected chi connectivity index (χ3v) is 3.64. The minimum absolute atomic E-state index is 0.173. The molecule has 0 aliphatic carbocycles. The van der Waals surface area contributed by atoms with Gasteiger partial charge in [-0.05, 0) is 19.1 Å². The number of pyridine rings is 1. The van der Waals surface area contributed by atoms with Crippen LogP contribution in [-0.4, -0.2) is 37.0 Å². The molecule has 3 aromatic heterocycles. The topological polar surface area (TPSA) is 68.8 Å². The second-order valence-electron chi connectivity index (χ2n) is 4.91. The van der Waals surface area contributed by atoms with E-state index in [1.807, 2.05) is 19.1 Å². The lowest BCUT2D eigenvalue weighted by Crippen LogP contribution is -2.30. The fourth-order valence-electron chi connectivity index (χ4n) is 2.26. The molecule has 0 aliphatic heterocycles. The van der Waals surface area contributed by atoms with Gasteiger partial charge in [-0.25, -0.2) is 4.68 Å². The van der Waals surface area contributed by atoms with Crippen molar-refractivity contribution < 1.29 is 4.79 Å². The molecule has 0 saturated heterocycles. The zero-order valence-electron chi connectivity index (χ0n) is 12.7. The molecule has 23 heavy (non-hydrogen) atoms. The van der Waals surface area contributed by atoms with Crippen LogP contribution in [0.2, 0.25) is 5.15 Å². The Kier molecular flexibility index (Phi) is 4.12. The van der Waals surface area contributed by atoms with E-state index in [4.69, 9.17) is 11.6 Å². The third-order valence-electron chi connectivity index (χ3n) is 3.37. The first kappa shape index (κ1) is 15.2. The zero-order valence-corrected chi connectivity index (χ0v) is 13.5. The summed E-state index contributed by atoms with van der Waals surface area (Å²) in [5.74, 6) is -0.173. The molecule has 0 saturated carbocycles. The minimum atomic E-state index is -0.173. The minimum Gasteiger partial charge on any atom is -0.304 e. The number of hydrogen-bond donors (Lipinski definition) is 0. The second-order valence-corrected chi connectivity index (χ2v) is 5.27. The Morgan fingerprint density at radius 3 is 2.78 bits per heavy atom. The van der Waals surface area contributed by atoms with Crippen LogP contribution >= 0.6 is 11.6 Å². The second kappa shape index (κ2) is 6.21. The fraction of sp³-hybridized carbons (Fsp3) is 0.200. The first-order valence-electron chi connectivity index (χ1n) is 7.06. The molecule has 0 spiro atoms. The molecule has 0 unspecified atom stereocenters. The highest BCUT2D eigenvalue weighted by Crippen LogP contribution is 2.27. The number of hydrogen-bond acceptors (Lipinski definition) is 4. The molecule has 0 bridgehead atoms. The Labute approximate surface area is 138 Å². The number of carbonyl (C=O) groups excluding carboxylic acids is 1. The highest BCUT2D eigenvalue weighted by atomic mass is 35.5. The SMILES string of the molecule is CCN(C(=O)c1cnn(C)c1)c1cn(-c2cccnc2)nc1Cl. The number of aromatic nitrogens is 5.